The number of anilines is 3. The molecular formula is C33H39N9O6. The quantitative estimate of drug-likeness (QED) is 0.0854. The van der Waals surface area contributed by atoms with E-state index in [1.807, 2.05) is 20.8 Å². The van der Waals surface area contributed by atoms with Gasteiger partial charge in [0.2, 0.25) is 0 Å². The first-order chi connectivity index (χ1) is 23.0. The van der Waals surface area contributed by atoms with Gasteiger partial charge in [-0.1, -0.05) is 36.2 Å². The lowest BCUT2D eigenvalue weighted by atomic mass is 10.0. The lowest BCUT2D eigenvalue weighted by Gasteiger charge is -2.26. The van der Waals surface area contributed by atoms with E-state index in [2.05, 4.69) is 15.5 Å². The Morgan fingerprint density at radius 1 is 0.500 bits per heavy atom. The first kappa shape index (κ1) is 34.7. The van der Waals surface area contributed by atoms with Crippen LogP contribution in [0.15, 0.2) is 70.1 Å². The van der Waals surface area contributed by atoms with Gasteiger partial charge in [-0.25, -0.2) is 0 Å². The van der Waals surface area contributed by atoms with Crippen LogP contribution in [0.25, 0.3) is 0 Å². The average Bonchev–Trinajstić information content (AvgIpc) is 3.12. The molecule has 15 nitrogen and oxygen atoms in total. The minimum Gasteiger partial charge on any atom is -0.409 e. The molecule has 9 N–H and O–H groups in total. The van der Waals surface area contributed by atoms with Crippen LogP contribution in [0.1, 0.15) is 87.8 Å². The number of hydrogen-bond donors (Lipinski definition) is 6. The van der Waals surface area contributed by atoms with Crippen LogP contribution in [0, 0.1) is 0 Å². The van der Waals surface area contributed by atoms with Crippen molar-refractivity contribution in [3.05, 3.63) is 88.0 Å². The van der Waals surface area contributed by atoms with Crippen molar-refractivity contribution in [2.45, 2.75) is 40.0 Å². The number of fused-ring (bicyclic) bond motifs is 6. The van der Waals surface area contributed by atoms with Gasteiger partial charge in [-0.3, -0.25) is 14.4 Å². The number of hydrogen-bond acceptors (Lipinski definition) is 9. The minimum atomic E-state index is -0.514. The number of oxime groups is 3. The fraction of sp³-hybridized carbons (Fsp3) is 0.273. The van der Waals surface area contributed by atoms with Gasteiger partial charge in [-0.2, -0.15) is 0 Å². The smallest absolute Gasteiger partial charge is 0.258 e. The topological polar surface area (TPSA) is 237 Å². The molecule has 1 aliphatic rings. The zero-order valence-corrected chi connectivity index (χ0v) is 26.9. The molecule has 0 saturated heterocycles. The number of carbonyl (C=O) groups excluding carboxylic acids is 3. The third-order valence-electron chi connectivity index (χ3n) is 7.72. The van der Waals surface area contributed by atoms with Gasteiger partial charge in [-0.15, -0.1) is 0 Å². The molecule has 0 atom stereocenters. The fourth-order valence-corrected chi connectivity index (χ4v) is 5.47. The van der Waals surface area contributed by atoms with Crippen LogP contribution >= 0.6 is 0 Å². The van der Waals surface area contributed by atoms with E-state index in [0.29, 0.717) is 19.3 Å². The molecule has 48 heavy (non-hydrogen) atoms. The Hall–Kier alpha value is -6.12. The average molecular weight is 658 g/mol. The Balaban J connectivity index is 2.18. The Morgan fingerprint density at radius 3 is 0.958 bits per heavy atom. The Kier molecular flexibility index (Phi) is 10.8. The standard InChI is InChI=1S/C33H39N9O6/c1-4-7-40-25-13-19(28(34)37-46)11-23(16-25)32(44)42(9-6-3)27-15-21(30(36)39-48)12-24(18-27)33(45)41(8-5-2)26-14-20(29(35)38-47)10-22(17-26)31(40)43/h10-18,46-48H,4-9H2,1-3H3,(H2,34,37)(H2,35,38)(H2,36,39). The number of carbonyl (C=O) groups is 3. The number of nitrogens with two attached hydrogens (primary N) is 3. The molecule has 6 bridgehead atoms. The third kappa shape index (κ3) is 6.99. The van der Waals surface area contributed by atoms with Crippen molar-refractivity contribution in [3.8, 4) is 0 Å². The number of amides is 3. The normalized spacial score (nSPS) is 14.7. The van der Waals surface area contributed by atoms with Crippen molar-refractivity contribution < 1.29 is 30.0 Å². The fourth-order valence-electron chi connectivity index (χ4n) is 5.47. The van der Waals surface area contributed by atoms with Crippen LogP contribution in [-0.4, -0.2) is 70.5 Å². The lowest BCUT2D eigenvalue weighted by molar-refractivity contribution is 0.0976. The molecular weight excluding hydrogens is 618 g/mol. The van der Waals surface area contributed by atoms with Gasteiger partial charge >= 0.3 is 0 Å². The van der Waals surface area contributed by atoms with Crippen molar-refractivity contribution in [2.75, 3.05) is 34.3 Å². The molecule has 3 aromatic carbocycles. The highest BCUT2D eigenvalue weighted by Gasteiger charge is 2.28. The van der Waals surface area contributed by atoms with Gasteiger partial charge in [-0.05, 0) is 73.9 Å². The summed E-state index contributed by atoms with van der Waals surface area (Å²) in [5, 5.41) is 38.0. The monoisotopic (exact) mass is 657 g/mol. The largest absolute Gasteiger partial charge is 0.409 e. The summed E-state index contributed by atoms with van der Waals surface area (Å²) in [5.74, 6) is -2.41. The van der Waals surface area contributed by atoms with E-state index in [4.69, 9.17) is 17.2 Å². The van der Waals surface area contributed by atoms with Gasteiger partial charge < -0.3 is 47.5 Å². The van der Waals surface area contributed by atoms with Gasteiger partial charge in [0.05, 0.1) is 0 Å². The van der Waals surface area contributed by atoms with Crippen molar-refractivity contribution >= 4 is 52.3 Å². The zero-order valence-electron chi connectivity index (χ0n) is 26.9. The summed E-state index contributed by atoms with van der Waals surface area (Å²) >= 11 is 0. The summed E-state index contributed by atoms with van der Waals surface area (Å²) in [6.45, 7) is 6.23. The molecule has 0 fully saturated rings. The molecule has 1 heterocycles. The maximum absolute atomic E-state index is 14.4. The van der Waals surface area contributed by atoms with Crippen molar-refractivity contribution in [2.24, 2.45) is 32.7 Å². The SMILES string of the molecule is CCCN1C(=O)c2cc(/C(N)=N/O)cc(c2)N(CCC)C(=O)c2cc(/C(N)=N/O)cc(c2)N(CCC)C(=O)c2cc(/C(N)=N/O)cc1c2. The van der Waals surface area contributed by atoms with Crippen LogP contribution in [0.5, 0.6) is 0 Å². The molecule has 252 valence electrons. The van der Waals surface area contributed by atoms with E-state index < -0.39 is 17.7 Å². The minimum absolute atomic E-state index is 0.104. The molecule has 0 aliphatic carbocycles. The molecule has 0 aromatic heterocycles. The molecule has 15 heteroatoms. The molecule has 3 aromatic rings. The Bertz CT molecular complexity index is 1610. The number of nitrogens with zero attached hydrogens (tertiary/aromatic N) is 6. The molecule has 0 saturated carbocycles. The van der Waals surface area contributed by atoms with Crippen LogP contribution in [0.2, 0.25) is 0 Å². The van der Waals surface area contributed by atoms with Crippen LogP contribution in [-0.2, 0) is 0 Å². The molecule has 0 spiro atoms. The molecule has 0 radical (unpaired) electrons. The van der Waals surface area contributed by atoms with E-state index >= 15 is 0 Å². The van der Waals surface area contributed by atoms with E-state index in [9.17, 15) is 30.0 Å². The molecule has 1 aliphatic heterocycles. The van der Waals surface area contributed by atoms with E-state index in [-0.39, 0.29) is 87.6 Å². The summed E-state index contributed by atoms with van der Waals surface area (Å²) in [4.78, 5) is 47.4. The number of rotatable bonds is 9. The second-order valence-corrected chi connectivity index (χ2v) is 11.1. The Morgan fingerprint density at radius 2 is 0.750 bits per heavy atom. The highest BCUT2D eigenvalue weighted by atomic mass is 16.4. The predicted octanol–water partition coefficient (Wildman–Crippen LogP) is 3.45. The predicted molar refractivity (Wildman–Crippen MR) is 183 cm³/mol. The number of benzene rings is 3. The summed E-state index contributed by atoms with van der Waals surface area (Å²) in [5.41, 5.74) is 19.7. The highest BCUT2D eigenvalue weighted by molar-refractivity contribution is 6.15. The van der Waals surface area contributed by atoms with Crippen LogP contribution in [0.4, 0.5) is 17.1 Å². The third-order valence-corrected chi connectivity index (χ3v) is 7.72. The molecule has 4 rings (SSSR count). The van der Waals surface area contributed by atoms with Crippen LogP contribution in [0.3, 0.4) is 0 Å². The number of amidine groups is 3. The first-order valence-electron chi connectivity index (χ1n) is 15.4. The Labute approximate surface area is 277 Å². The zero-order chi connectivity index (χ0) is 35.1. The van der Waals surface area contributed by atoms with Gasteiger partial charge in [0, 0.05) is 70.1 Å². The van der Waals surface area contributed by atoms with Gasteiger partial charge in [0.25, 0.3) is 17.7 Å². The van der Waals surface area contributed by atoms with Crippen LogP contribution < -0.4 is 31.9 Å². The molecule has 3 amide bonds. The maximum Gasteiger partial charge on any atom is 0.258 e. The highest BCUT2D eigenvalue weighted by Crippen LogP contribution is 2.30. The second kappa shape index (κ2) is 15.0. The van der Waals surface area contributed by atoms with Gasteiger partial charge in [0.15, 0.2) is 17.5 Å². The maximum atomic E-state index is 14.4. The van der Waals surface area contributed by atoms with E-state index in [0.717, 1.165) is 0 Å². The van der Waals surface area contributed by atoms with E-state index in [1.54, 1.807) is 0 Å². The van der Waals surface area contributed by atoms with Gasteiger partial charge in [0.1, 0.15) is 0 Å². The summed E-state index contributed by atoms with van der Waals surface area (Å²) in [6.07, 6.45) is 1.54. The van der Waals surface area contributed by atoms with E-state index in [1.165, 1.54) is 69.3 Å². The summed E-state index contributed by atoms with van der Waals surface area (Å²) in [6, 6.07) is 13.5. The molecule has 0 unspecified atom stereocenters. The first-order valence-corrected chi connectivity index (χ1v) is 15.4. The summed E-state index contributed by atoms with van der Waals surface area (Å²) in [7, 11) is 0. The second-order valence-electron chi connectivity index (χ2n) is 11.1. The summed E-state index contributed by atoms with van der Waals surface area (Å²) < 4.78 is 0. The van der Waals surface area contributed by atoms with Crippen molar-refractivity contribution in [3.63, 3.8) is 0 Å². The lowest BCUT2D eigenvalue weighted by Crippen LogP contribution is -2.34. The van der Waals surface area contributed by atoms with Crippen molar-refractivity contribution in [1.82, 2.24) is 0 Å². The van der Waals surface area contributed by atoms with Crippen molar-refractivity contribution in [1.29, 1.82) is 0 Å².